The maximum absolute atomic E-state index is 12.5. The summed E-state index contributed by atoms with van der Waals surface area (Å²) in [6.07, 6.45) is 3.25. The molecule has 29 heavy (non-hydrogen) atoms. The van der Waals surface area contributed by atoms with Crippen LogP contribution in [0.3, 0.4) is 0 Å². The maximum atomic E-state index is 12.5. The van der Waals surface area contributed by atoms with Crippen molar-refractivity contribution in [2.75, 3.05) is 16.0 Å². The Morgan fingerprint density at radius 2 is 1.83 bits per heavy atom. The molecule has 148 valence electrons. The van der Waals surface area contributed by atoms with Crippen LogP contribution in [0.15, 0.2) is 53.1 Å². The first kappa shape index (κ1) is 19.2. The predicted octanol–water partition coefficient (Wildman–Crippen LogP) is 4.85. The van der Waals surface area contributed by atoms with Gasteiger partial charge in [0.15, 0.2) is 5.76 Å². The van der Waals surface area contributed by atoms with Gasteiger partial charge in [0.25, 0.3) is 11.8 Å². The number of halogens is 1. The van der Waals surface area contributed by atoms with Gasteiger partial charge in [0, 0.05) is 11.6 Å². The van der Waals surface area contributed by atoms with Gasteiger partial charge >= 0.3 is 0 Å². The van der Waals surface area contributed by atoms with E-state index in [0.717, 1.165) is 12.8 Å². The van der Waals surface area contributed by atoms with Gasteiger partial charge in [-0.05, 0) is 55.3 Å². The van der Waals surface area contributed by atoms with Crippen LogP contribution < -0.4 is 16.0 Å². The highest BCUT2D eigenvalue weighted by Crippen LogP contribution is 2.32. The van der Waals surface area contributed by atoms with Crippen LogP contribution in [0.5, 0.6) is 0 Å². The van der Waals surface area contributed by atoms with Gasteiger partial charge in [0.2, 0.25) is 5.91 Å². The standard InChI is InChI=1S/C20H16ClN3O4S/c21-13-10-12(5-6-14(13)23-19(26)15-2-1-9-28-15)22-20(27)16-7-8-17(29-16)24-18(25)11-3-4-11/h1-2,5-11H,3-4H2,(H,22,27)(H,23,26)(H,24,25). The van der Waals surface area contributed by atoms with Gasteiger partial charge in [-0.1, -0.05) is 11.6 Å². The molecule has 9 heteroatoms. The molecule has 1 aromatic carbocycles. The predicted molar refractivity (Wildman–Crippen MR) is 112 cm³/mol. The van der Waals surface area contributed by atoms with E-state index in [1.807, 2.05) is 0 Å². The Bertz CT molecular complexity index is 1070. The van der Waals surface area contributed by atoms with Crippen molar-refractivity contribution in [3.05, 3.63) is 64.4 Å². The number of anilines is 3. The van der Waals surface area contributed by atoms with Crippen molar-refractivity contribution < 1.29 is 18.8 Å². The molecule has 3 N–H and O–H groups in total. The number of thiophene rings is 1. The second-order valence-electron chi connectivity index (χ2n) is 6.51. The van der Waals surface area contributed by atoms with Crippen molar-refractivity contribution in [3.8, 4) is 0 Å². The van der Waals surface area contributed by atoms with E-state index in [0.29, 0.717) is 21.3 Å². The normalized spacial score (nSPS) is 13.0. The molecule has 1 aliphatic carbocycles. The number of nitrogens with one attached hydrogen (secondary N) is 3. The van der Waals surface area contributed by atoms with Gasteiger partial charge in [-0.25, -0.2) is 0 Å². The summed E-state index contributed by atoms with van der Waals surface area (Å²) in [7, 11) is 0. The van der Waals surface area contributed by atoms with E-state index >= 15 is 0 Å². The van der Waals surface area contributed by atoms with Crippen molar-refractivity contribution in [2.45, 2.75) is 12.8 Å². The van der Waals surface area contributed by atoms with Crippen LogP contribution >= 0.6 is 22.9 Å². The average molecular weight is 430 g/mol. The minimum Gasteiger partial charge on any atom is -0.459 e. The molecule has 0 bridgehead atoms. The van der Waals surface area contributed by atoms with Crippen LogP contribution in [0.1, 0.15) is 33.1 Å². The van der Waals surface area contributed by atoms with Crippen molar-refractivity contribution in [3.63, 3.8) is 0 Å². The largest absolute Gasteiger partial charge is 0.459 e. The molecule has 1 fully saturated rings. The maximum Gasteiger partial charge on any atom is 0.291 e. The van der Waals surface area contributed by atoms with E-state index in [4.69, 9.17) is 16.0 Å². The van der Waals surface area contributed by atoms with Gasteiger partial charge in [-0.3, -0.25) is 14.4 Å². The first-order valence-corrected chi connectivity index (χ1v) is 10.1. The minimum absolute atomic E-state index is 0.00206. The van der Waals surface area contributed by atoms with Crippen molar-refractivity contribution in [2.24, 2.45) is 5.92 Å². The highest BCUT2D eigenvalue weighted by molar-refractivity contribution is 7.18. The molecule has 0 unspecified atom stereocenters. The molecule has 0 radical (unpaired) electrons. The second kappa shape index (κ2) is 8.10. The third-order valence-corrected chi connectivity index (χ3v) is 5.56. The van der Waals surface area contributed by atoms with E-state index in [1.165, 1.54) is 17.6 Å². The average Bonchev–Trinajstić information content (AvgIpc) is 3.20. The van der Waals surface area contributed by atoms with E-state index in [-0.39, 0.29) is 28.5 Å². The first-order chi connectivity index (χ1) is 14.0. The lowest BCUT2D eigenvalue weighted by atomic mass is 10.2. The number of carbonyl (C=O) groups is 3. The van der Waals surface area contributed by atoms with Crippen LogP contribution in [-0.4, -0.2) is 17.7 Å². The zero-order valence-corrected chi connectivity index (χ0v) is 16.6. The van der Waals surface area contributed by atoms with Gasteiger partial charge < -0.3 is 20.4 Å². The Balaban J connectivity index is 1.38. The fourth-order valence-electron chi connectivity index (χ4n) is 2.57. The van der Waals surface area contributed by atoms with E-state index in [2.05, 4.69) is 16.0 Å². The summed E-state index contributed by atoms with van der Waals surface area (Å²) in [5, 5.41) is 9.13. The third-order valence-electron chi connectivity index (χ3n) is 4.24. The van der Waals surface area contributed by atoms with Gasteiger partial charge in [0.1, 0.15) is 0 Å². The summed E-state index contributed by atoms with van der Waals surface area (Å²) in [5.41, 5.74) is 0.875. The lowest BCUT2D eigenvalue weighted by Gasteiger charge is -2.09. The topological polar surface area (TPSA) is 100 Å². The molecule has 7 nitrogen and oxygen atoms in total. The highest BCUT2D eigenvalue weighted by atomic mass is 35.5. The Kier molecular flexibility index (Phi) is 5.37. The molecule has 0 aliphatic heterocycles. The quantitative estimate of drug-likeness (QED) is 0.521. The van der Waals surface area contributed by atoms with E-state index in [1.54, 1.807) is 42.5 Å². The molecule has 2 aromatic heterocycles. The lowest BCUT2D eigenvalue weighted by molar-refractivity contribution is -0.117. The number of benzene rings is 1. The molecule has 4 rings (SSSR count). The zero-order valence-electron chi connectivity index (χ0n) is 15.0. The molecule has 0 spiro atoms. The summed E-state index contributed by atoms with van der Waals surface area (Å²) >= 11 is 7.42. The summed E-state index contributed by atoms with van der Waals surface area (Å²) in [6.45, 7) is 0. The molecular weight excluding hydrogens is 414 g/mol. The Morgan fingerprint density at radius 3 is 2.52 bits per heavy atom. The SMILES string of the molecule is O=C(Nc1ccc(NC(=O)c2ccc(NC(=O)C3CC3)s2)cc1Cl)c1ccco1. The molecule has 3 amide bonds. The second-order valence-corrected chi connectivity index (χ2v) is 8.00. The first-order valence-electron chi connectivity index (χ1n) is 8.86. The third kappa shape index (κ3) is 4.67. The molecular formula is C20H16ClN3O4S. The number of rotatable bonds is 6. The van der Waals surface area contributed by atoms with E-state index in [9.17, 15) is 14.4 Å². The zero-order chi connectivity index (χ0) is 20.4. The molecule has 0 saturated heterocycles. The molecule has 2 heterocycles. The molecule has 0 atom stereocenters. The van der Waals surface area contributed by atoms with Crippen LogP contribution in [0, 0.1) is 5.92 Å². The monoisotopic (exact) mass is 429 g/mol. The van der Waals surface area contributed by atoms with Gasteiger partial charge in [-0.2, -0.15) is 0 Å². The molecule has 1 aliphatic rings. The van der Waals surface area contributed by atoms with Crippen molar-refractivity contribution in [1.82, 2.24) is 0 Å². The molecule has 3 aromatic rings. The number of hydrogen-bond acceptors (Lipinski definition) is 5. The number of carbonyl (C=O) groups excluding carboxylic acids is 3. The van der Waals surface area contributed by atoms with Crippen LogP contribution in [0.25, 0.3) is 0 Å². The fourth-order valence-corrected chi connectivity index (χ4v) is 3.61. The highest BCUT2D eigenvalue weighted by Gasteiger charge is 2.29. The van der Waals surface area contributed by atoms with Crippen LogP contribution in [-0.2, 0) is 4.79 Å². The molecule has 1 saturated carbocycles. The van der Waals surface area contributed by atoms with E-state index < -0.39 is 5.91 Å². The van der Waals surface area contributed by atoms with Crippen molar-refractivity contribution >= 4 is 57.0 Å². The lowest BCUT2D eigenvalue weighted by Crippen LogP contribution is -2.13. The van der Waals surface area contributed by atoms with Crippen molar-refractivity contribution in [1.29, 1.82) is 0 Å². The van der Waals surface area contributed by atoms with Crippen LogP contribution in [0.4, 0.5) is 16.4 Å². The minimum atomic E-state index is -0.423. The number of amides is 3. The summed E-state index contributed by atoms with van der Waals surface area (Å²) in [6, 6.07) is 11.3. The van der Waals surface area contributed by atoms with Gasteiger partial charge in [0.05, 0.1) is 26.9 Å². The Labute approximate surface area is 175 Å². The number of hydrogen-bond donors (Lipinski definition) is 3. The summed E-state index contributed by atoms with van der Waals surface area (Å²) < 4.78 is 5.04. The smallest absolute Gasteiger partial charge is 0.291 e. The Hall–Kier alpha value is -3.10. The fraction of sp³-hybridized carbons (Fsp3) is 0.150. The van der Waals surface area contributed by atoms with Crippen LogP contribution in [0.2, 0.25) is 5.02 Å². The summed E-state index contributed by atoms with van der Waals surface area (Å²) in [5.74, 6) is -0.472. The number of furan rings is 1. The van der Waals surface area contributed by atoms with Gasteiger partial charge in [-0.15, -0.1) is 11.3 Å². The summed E-state index contributed by atoms with van der Waals surface area (Å²) in [4.78, 5) is 36.8. The Morgan fingerprint density at radius 1 is 1.00 bits per heavy atom.